The third kappa shape index (κ3) is 2.40. The van der Waals surface area contributed by atoms with Crippen molar-refractivity contribution in [1.29, 1.82) is 0 Å². The van der Waals surface area contributed by atoms with Crippen molar-refractivity contribution in [2.75, 3.05) is 14.2 Å². The summed E-state index contributed by atoms with van der Waals surface area (Å²) >= 11 is 0. The van der Waals surface area contributed by atoms with Crippen molar-refractivity contribution >= 4 is 11.3 Å². The highest BCUT2D eigenvalue weighted by Crippen LogP contribution is 2.28. The van der Waals surface area contributed by atoms with Crippen LogP contribution < -0.4 is 4.74 Å². The Morgan fingerprint density at radius 3 is 2.56 bits per heavy atom. The largest absolute Gasteiger partial charge is 0.497 e. The Morgan fingerprint density at radius 2 is 1.94 bits per heavy atom. The molecule has 0 aliphatic heterocycles. The average molecular weight is 244 g/mol. The Bertz CT molecular complexity index is 539. The van der Waals surface area contributed by atoms with E-state index in [1.165, 1.54) is 0 Å². The molecule has 1 aromatic heterocycles. The maximum Gasteiger partial charge on any atom is 0.168 e. The van der Waals surface area contributed by atoms with Gasteiger partial charge in [0.25, 0.3) is 0 Å². The zero-order valence-electron chi connectivity index (χ0n) is 10.8. The van der Waals surface area contributed by atoms with Crippen LogP contribution in [0.3, 0.4) is 0 Å². The summed E-state index contributed by atoms with van der Waals surface area (Å²) in [6.45, 7) is 2.00. The first kappa shape index (κ1) is 12.3. The van der Waals surface area contributed by atoms with Gasteiger partial charge in [-0.2, -0.15) is 0 Å². The van der Waals surface area contributed by atoms with Gasteiger partial charge in [-0.1, -0.05) is 12.1 Å². The summed E-state index contributed by atoms with van der Waals surface area (Å²) in [5.41, 5.74) is 2.05. The number of allylic oxidation sites excluding steroid dienone is 1. The normalized spacial score (nSPS) is 11.9. The van der Waals surface area contributed by atoms with Gasteiger partial charge in [-0.3, -0.25) is 0 Å². The lowest BCUT2D eigenvalue weighted by atomic mass is 10.1. The van der Waals surface area contributed by atoms with Crippen LogP contribution in [0.5, 0.6) is 5.75 Å². The Labute approximate surface area is 107 Å². The predicted octanol–water partition coefficient (Wildman–Crippen LogP) is 3.82. The molecule has 0 radical (unpaired) electrons. The Kier molecular flexibility index (Phi) is 3.72. The van der Waals surface area contributed by atoms with Gasteiger partial charge in [0.2, 0.25) is 0 Å². The highest BCUT2D eigenvalue weighted by Gasteiger charge is 2.11. The van der Waals surface area contributed by atoms with Crippen molar-refractivity contribution in [2.45, 2.75) is 6.92 Å². The van der Waals surface area contributed by atoms with Crippen molar-refractivity contribution in [3.63, 3.8) is 0 Å². The molecule has 0 unspecified atom stereocenters. The molecule has 18 heavy (non-hydrogen) atoms. The highest BCUT2D eigenvalue weighted by atomic mass is 16.5. The van der Waals surface area contributed by atoms with Gasteiger partial charge >= 0.3 is 0 Å². The Hall–Kier alpha value is -2.16. The fourth-order valence-corrected chi connectivity index (χ4v) is 1.83. The van der Waals surface area contributed by atoms with E-state index in [2.05, 4.69) is 0 Å². The second-order valence-electron chi connectivity index (χ2n) is 3.87. The van der Waals surface area contributed by atoms with Crippen LogP contribution in [0.2, 0.25) is 0 Å². The number of benzene rings is 1. The Morgan fingerprint density at radius 1 is 1.11 bits per heavy atom. The molecule has 1 aromatic carbocycles. The molecule has 1 heterocycles. The number of furan rings is 1. The summed E-state index contributed by atoms with van der Waals surface area (Å²) in [6, 6.07) is 11.6. The topological polar surface area (TPSA) is 31.6 Å². The lowest BCUT2D eigenvalue weighted by Crippen LogP contribution is -1.92. The lowest BCUT2D eigenvalue weighted by molar-refractivity contribution is 0.353. The summed E-state index contributed by atoms with van der Waals surface area (Å²) in [5.74, 6) is 2.27. The first-order valence-corrected chi connectivity index (χ1v) is 5.69. The van der Waals surface area contributed by atoms with Gasteiger partial charge in [0.1, 0.15) is 5.75 Å². The van der Waals surface area contributed by atoms with Crippen LogP contribution in [0.25, 0.3) is 11.3 Å². The second-order valence-corrected chi connectivity index (χ2v) is 3.87. The van der Waals surface area contributed by atoms with Crippen LogP contribution in [0, 0.1) is 0 Å². The molecule has 3 heteroatoms. The van der Waals surface area contributed by atoms with E-state index in [9.17, 15) is 0 Å². The minimum Gasteiger partial charge on any atom is -0.497 e. The first-order chi connectivity index (χ1) is 8.76. The molecule has 0 saturated heterocycles. The van der Waals surface area contributed by atoms with E-state index in [1.807, 2.05) is 43.3 Å². The molecule has 0 N–H and O–H groups in total. The van der Waals surface area contributed by atoms with E-state index in [-0.39, 0.29) is 0 Å². The van der Waals surface area contributed by atoms with Gasteiger partial charge in [-0.15, -0.1) is 0 Å². The number of ether oxygens (including phenoxy) is 2. The highest BCUT2D eigenvalue weighted by molar-refractivity contribution is 5.85. The molecule has 0 atom stereocenters. The van der Waals surface area contributed by atoms with Crippen molar-refractivity contribution < 1.29 is 13.9 Å². The van der Waals surface area contributed by atoms with Crippen LogP contribution in [0.1, 0.15) is 18.2 Å². The molecule has 0 fully saturated rings. The number of hydrogen-bond donors (Lipinski definition) is 0. The fraction of sp³-hybridized carbons (Fsp3) is 0.200. The first-order valence-electron chi connectivity index (χ1n) is 5.69. The van der Waals surface area contributed by atoms with Crippen LogP contribution in [0.4, 0.5) is 0 Å². The van der Waals surface area contributed by atoms with Crippen LogP contribution in [-0.2, 0) is 4.74 Å². The quantitative estimate of drug-likeness (QED) is 0.766. The molecule has 3 nitrogen and oxygen atoms in total. The molecule has 0 saturated carbocycles. The van der Waals surface area contributed by atoms with E-state index in [0.717, 1.165) is 28.4 Å². The van der Waals surface area contributed by atoms with E-state index in [4.69, 9.17) is 13.9 Å². The van der Waals surface area contributed by atoms with E-state index >= 15 is 0 Å². The molecule has 0 spiro atoms. The molecular weight excluding hydrogens is 228 g/mol. The monoisotopic (exact) mass is 244 g/mol. The van der Waals surface area contributed by atoms with E-state index < -0.39 is 0 Å². The average Bonchev–Trinajstić information content (AvgIpc) is 2.93. The third-order valence-corrected chi connectivity index (χ3v) is 2.79. The maximum atomic E-state index is 5.43. The summed E-state index contributed by atoms with van der Waals surface area (Å²) < 4.78 is 16.0. The van der Waals surface area contributed by atoms with Crippen molar-refractivity contribution in [3.8, 4) is 5.75 Å². The number of methoxy groups -OCH3 is 2. The smallest absolute Gasteiger partial charge is 0.168 e. The molecule has 2 rings (SSSR count). The van der Waals surface area contributed by atoms with Gasteiger partial charge in [-0.05, 0) is 36.8 Å². The van der Waals surface area contributed by atoms with Gasteiger partial charge in [0, 0.05) is 5.57 Å². The predicted molar refractivity (Wildman–Crippen MR) is 71.2 cm³/mol. The minimum atomic E-state index is 0.720. The fourth-order valence-electron chi connectivity index (χ4n) is 1.83. The second kappa shape index (κ2) is 5.45. The molecule has 2 aromatic rings. The van der Waals surface area contributed by atoms with Gasteiger partial charge in [0.15, 0.2) is 11.5 Å². The molecule has 0 bridgehead atoms. The third-order valence-electron chi connectivity index (χ3n) is 2.79. The van der Waals surface area contributed by atoms with Crippen molar-refractivity contribution in [1.82, 2.24) is 0 Å². The summed E-state index contributed by atoms with van der Waals surface area (Å²) in [7, 11) is 3.30. The van der Waals surface area contributed by atoms with Gasteiger partial charge < -0.3 is 13.9 Å². The molecule has 0 aliphatic rings. The van der Waals surface area contributed by atoms with Crippen molar-refractivity contribution in [3.05, 3.63) is 54.0 Å². The number of hydrogen-bond acceptors (Lipinski definition) is 3. The zero-order chi connectivity index (χ0) is 13.0. The summed E-state index contributed by atoms with van der Waals surface area (Å²) in [5, 5.41) is 0. The zero-order valence-corrected chi connectivity index (χ0v) is 10.8. The minimum absolute atomic E-state index is 0.720. The SMILES string of the molecule is COC(=C(C)c1cccc(OC)c1)c1ccco1. The molecule has 94 valence electrons. The van der Waals surface area contributed by atoms with E-state index in [0.29, 0.717) is 0 Å². The van der Waals surface area contributed by atoms with Crippen LogP contribution in [0.15, 0.2) is 47.1 Å². The standard InChI is InChI=1S/C15H16O3/c1-11(12-6-4-7-13(10-12)16-2)15(17-3)14-8-5-9-18-14/h4-10H,1-3H3. The molecule has 0 amide bonds. The van der Waals surface area contributed by atoms with Gasteiger partial charge in [-0.25, -0.2) is 0 Å². The van der Waals surface area contributed by atoms with Crippen molar-refractivity contribution in [2.24, 2.45) is 0 Å². The molecular formula is C15H16O3. The van der Waals surface area contributed by atoms with Gasteiger partial charge in [0.05, 0.1) is 20.5 Å². The summed E-state index contributed by atoms with van der Waals surface area (Å²) in [6.07, 6.45) is 1.63. The summed E-state index contributed by atoms with van der Waals surface area (Å²) in [4.78, 5) is 0. The number of rotatable bonds is 4. The lowest BCUT2D eigenvalue weighted by Gasteiger charge is -2.10. The maximum absolute atomic E-state index is 5.43. The van der Waals surface area contributed by atoms with Crippen LogP contribution in [-0.4, -0.2) is 14.2 Å². The molecule has 0 aliphatic carbocycles. The van der Waals surface area contributed by atoms with E-state index in [1.54, 1.807) is 20.5 Å². The van der Waals surface area contributed by atoms with Crippen LogP contribution >= 0.6 is 0 Å². The Balaban J connectivity index is 2.46.